The van der Waals surface area contributed by atoms with Crippen LogP contribution in [0.15, 0.2) is 0 Å². The van der Waals surface area contributed by atoms with Crippen LogP contribution in [-0.2, 0) is 9.53 Å². The Morgan fingerprint density at radius 2 is 2.06 bits per heavy atom. The molecule has 4 heteroatoms. The smallest absolute Gasteiger partial charge is 0.225 e. The fourth-order valence-corrected chi connectivity index (χ4v) is 2.48. The van der Waals surface area contributed by atoms with Crippen LogP contribution in [-0.4, -0.2) is 47.3 Å². The molecule has 0 unspecified atom stereocenters. The third-order valence-corrected chi connectivity index (χ3v) is 4.15. The van der Waals surface area contributed by atoms with Gasteiger partial charge in [0.15, 0.2) is 0 Å². The maximum Gasteiger partial charge on any atom is 0.225 e. The molecule has 0 aromatic heterocycles. The van der Waals surface area contributed by atoms with Crippen LogP contribution in [0.4, 0.5) is 0 Å². The van der Waals surface area contributed by atoms with Gasteiger partial charge in [0, 0.05) is 7.11 Å². The summed E-state index contributed by atoms with van der Waals surface area (Å²) in [6.07, 6.45) is 4.32. The van der Waals surface area contributed by atoms with Gasteiger partial charge in [-0.15, -0.1) is 0 Å². The minimum Gasteiger partial charge on any atom is -0.386 e. The van der Waals surface area contributed by atoms with Gasteiger partial charge >= 0.3 is 0 Å². The molecule has 1 aliphatic carbocycles. The van der Waals surface area contributed by atoms with Gasteiger partial charge in [0.05, 0.1) is 30.7 Å². The summed E-state index contributed by atoms with van der Waals surface area (Å²) in [5, 5.41) is 9.84. The molecule has 92 valence electrons. The topological polar surface area (TPSA) is 49.8 Å². The third kappa shape index (κ3) is 1.96. The van der Waals surface area contributed by atoms with Crippen molar-refractivity contribution in [3.63, 3.8) is 0 Å². The van der Waals surface area contributed by atoms with Gasteiger partial charge < -0.3 is 14.7 Å². The van der Waals surface area contributed by atoms with Crippen molar-refractivity contribution in [3.05, 3.63) is 0 Å². The SMILES string of the molecule is CCC1(O)CN(C(=O)CC2(OC)CCC2)C1. The minimum atomic E-state index is -0.629. The molecule has 1 aliphatic heterocycles. The molecule has 1 saturated carbocycles. The van der Waals surface area contributed by atoms with E-state index >= 15 is 0 Å². The number of hydrogen-bond acceptors (Lipinski definition) is 3. The standard InChI is InChI=1S/C12H21NO3/c1-3-11(15)8-13(9-11)10(14)7-12(16-2)5-4-6-12/h15H,3-9H2,1-2H3. The summed E-state index contributed by atoms with van der Waals surface area (Å²) in [6, 6.07) is 0. The van der Waals surface area contributed by atoms with Crippen molar-refractivity contribution in [2.45, 2.75) is 50.2 Å². The van der Waals surface area contributed by atoms with Crippen molar-refractivity contribution in [1.29, 1.82) is 0 Å². The fraction of sp³-hybridized carbons (Fsp3) is 0.917. The lowest BCUT2D eigenvalue weighted by Gasteiger charge is -2.48. The maximum absolute atomic E-state index is 11.9. The first-order valence-corrected chi connectivity index (χ1v) is 6.08. The van der Waals surface area contributed by atoms with E-state index in [0.29, 0.717) is 25.9 Å². The van der Waals surface area contributed by atoms with Gasteiger partial charge in [-0.25, -0.2) is 0 Å². The van der Waals surface area contributed by atoms with Crippen molar-refractivity contribution < 1.29 is 14.6 Å². The van der Waals surface area contributed by atoms with Crippen LogP contribution in [0, 0.1) is 0 Å². The Hall–Kier alpha value is -0.610. The molecule has 0 spiro atoms. The fourth-order valence-electron chi connectivity index (χ4n) is 2.48. The molecule has 4 nitrogen and oxygen atoms in total. The molecule has 1 saturated heterocycles. The highest BCUT2D eigenvalue weighted by Gasteiger charge is 2.46. The highest BCUT2D eigenvalue weighted by molar-refractivity contribution is 5.78. The molecule has 1 heterocycles. The Balaban J connectivity index is 1.82. The molecule has 0 atom stereocenters. The zero-order chi connectivity index (χ0) is 11.8. The average molecular weight is 227 g/mol. The molecule has 1 amide bonds. The zero-order valence-electron chi connectivity index (χ0n) is 10.2. The second-order valence-corrected chi connectivity index (χ2v) is 5.25. The molecular formula is C12H21NO3. The van der Waals surface area contributed by atoms with E-state index in [-0.39, 0.29) is 11.5 Å². The average Bonchev–Trinajstić information content (AvgIpc) is 2.18. The molecule has 0 radical (unpaired) electrons. The van der Waals surface area contributed by atoms with Gasteiger partial charge in [-0.05, 0) is 25.7 Å². The van der Waals surface area contributed by atoms with Crippen LogP contribution < -0.4 is 0 Å². The number of amides is 1. The number of β-amino-alcohol motifs (C(OH)–C–C–N with tert-alkyl or cyclic N) is 1. The number of hydrogen-bond donors (Lipinski definition) is 1. The molecule has 0 bridgehead atoms. The number of carbonyl (C=O) groups excluding carboxylic acids is 1. The lowest BCUT2D eigenvalue weighted by Crippen LogP contribution is -2.64. The summed E-state index contributed by atoms with van der Waals surface area (Å²) < 4.78 is 5.43. The highest BCUT2D eigenvalue weighted by atomic mass is 16.5. The quantitative estimate of drug-likeness (QED) is 0.777. The van der Waals surface area contributed by atoms with Crippen molar-refractivity contribution in [2.24, 2.45) is 0 Å². The summed E-state index contributed by atoms with van der Waals surface area (Å²) in [4.78, 5) is 13.7. The van der Waals surface area contributed by atoms with E-state index in [0.717, 1.165) is 19.3 Å². The van der Waals surface area contributed by atoms with Crippen molar-refractivity contribution in [2.75, 3.05) is 20.2 Å². The van der Waals surface area contributed by atoms with Gasteiger partial charge in [0.1, 0.15) is 0 Å². The van der Waals surface area contributed by atoms with Crippen LogP contribution in [0.2, 0.25) is 0 Å². The summed E-state index contributed by atoms with van der Waals surface area (Å²) >= 11 is 0. The number of carbonyl (C=O) groups is 1. The van der Waals surface area contributed by atoms with Crippen LogP contribution in [0.3, 0.4) is 0 Å². The Morgan fingerprint density at radius 1 is 1.44 bits per heavy atom. The highest BCUT2D eigenvalue weighted by Crippen LogP contribution is 2.39. The summed E-state index contributed by atoms with van der Waals surface area (Å²) in [7, 11) is 1.69. The molecular weight excluding hydrogens is 206 g/mol. The largest absolute Gasteiger partial charge is 0.386 e. The van der Waals surface area contributed by atoms with Crippen LogP contribution in [0.25, 0.3) is 0 Å². The van der Waals surface area contributed by atoms with Gasteiger partial charge in [0.2, 0.25) is 5.91 Å². The summed E-state index contributed by atoms with van der Waals surface area (Å²) in [6.45, 7) is 2.93. The summed E-state index contributed by atoms with van der Waals surface area (Å²) in [5.74, 6) is 0.125. The van der Waals surface area contributed by atoms with Crippen molar-refractivity contribution >= 4 is 5.91 Å². The van der Waals surface area contributed by atoms with E-state index in [1.54, 1.807) is 12.0 Å². The first-order chi connectivity index (χ1) is 7.52. The number of ether oxygens (including phenoxy) is 1. The Labute approximate surface area is 96.6 Å². The second kappa shape index (κ2) is 4.00. The predicted molar refractivity (Wildman–Crippen MR) is 60.0 cm³/mol. The Morgan fingerprint density at radius 3 is 2.44 bits per heavy atom. The van der Waals surface area contributed by atoms with Gasteiger partial charge in [-0.3, -0.25) is 4.79 Å². The molecule has 2 fully saturated rings. The molecule has 0 aromatic rings. The van der Waals surface area contributed by atoms with Crippen LogP contribution in [0.1, 0.15) is 39.0 Å². The van der Waals surface area contributed by atoms with E-state index in [9.17, 15) is 9.90 Å². The number of rotatable bonds is 4. The van der Waals surface area contributed by atoms with E-state index in [4.69, 9.17) is 4.74 Å². The first kappa shape index (κ1) is 11.9. The van der Waals surface area contributed by atoms with Crippen LogP contribution >= 0.6 is 0 Å². The van der Waals surface area contributed by atoms with Gasteiger partial charge in [-0.2, -0.15) is 0 Å². The Bertz CT molecular complexity index is 274. The second-order valence-electron chi connectivity index (χ2n) is 5.25. The van der Waals surface area contributed by atoms with E-state index < -0.39 is 5.60 Å². The lowest BCUT2D eigenvalue weighted by atomic mass is 9.76. The van der Waals surface area contributed by atoms with E-state index in [1.165, 1.54) is 0 Å². The molecule has 2 rings (SSSR count). The van der Waals surface area contributed by atoms with Gasteiger partial charge in [-0.1, -0.05) is 6.92 Å². The normalized spacial score (nSPS) is 25.8. The third-order valence-electron chi connectivity index (χ3n) is 4.15. The van der Waals surface area contributed by atoms with E-state index in [1.807, 2.05) is 6.92 Å². The minimum absolute atomic E-state index is 0.125. The lowest BCUT2D eigenvalue weighted by molar-refractivity contribution is -0.165. The molecule has 16 heavy (non-hydrogen) atoms. The van der Waals surface area contributed by atoms with Gasteiger partial charge in [0.25, 0.3) is 0 Å². The first-order valence-electron chi connectivity index (χ1n) is 6.08. The van der Waals surface area contributed by atoms with Crippen molar-refractivity contribution in [1.82, 2.24) is 4.90 Å². The monoisotopic (exact) mass is 227 g/mol. The predicted octanol–water partition coefficient (Wildman–Crippen LogP) is 0.929. The summed E-state index contributed by atoms with van der Waals surface area (Å²) in [5.41, 5.74) is -0.827. The zero-order valence-corrected chi connectivity index (χ0v) is 10.2. The number of nitrogens with zero attached hydrogens (tertiary/aromatic N) is 1. The molecule has 2 aliphatic rings. The molecule has 0 aromatic carbocycles. The van der Waals surface area contributed by atoms with E-state index in [2.05, 4.69) is 0 Å². The number of likely N-dealkylation sites (tertiary alicyclic amines) is 1. The van der Waals surface area contributed by atoms with Crippen LogP contribution in [0.5, 0.6) is 0 Å². The Kier molecular flexibility index (Phi) is 2.97. The number of aliphatic hydroxyl groups is 1. The maximum atomic E-state index is 11.9. The molecule has 1 N–H and O–H groups in total. The van der Waals surface area contributed by atoms with Crippen molar-refractivity contribution in [3.8, 4) is 0 Å². The number of methoxy groups -OCH3 is 1.